The van der Waals surface area contributed by atoms with E-state index in [0.29, 0.717) is 0 Å². The van der Waals surface area contributed by atoms with Crippen molar-refractivity contribution in [2.45, 2.75) is 18.2 Å². The van der Waals surface area contributed by atoms with Crippen LogP contribution in [0.15, 0.2) is 40.2 Å². The third-order valence-corrected chi connectivity index (χ3v) is 3.40. The van der Waals surface area contributed by atoms with E-state index in [-0.39, 0.29) is 5.43 Å². The molecule has 0 spiro atoms. The SMILES string of the molecule is CCCSc1ccc2[nH]ccc(=O)c2c1. The van der Waals surface area contributed by atoms with Gasteiger partial charge in [0.05, 0.1) is 0 Å². The predicted octanol–water partition coefficient (Wildman–Crippen LogP) is 3.03. The first-order valence-corrected chi connectivity index (χ1v) is 6.04. The molecule has 0 amide bonds. The van der Waals surface area contributed by atoms with E-state index in [9.17, 15) is 4.79 Å². The minimum atomic E-state index is 0.0858. The largest absolute Gasteiger partial charge is 0.361 e. The second kappa shape index (κ2) is 4.53. The summed E-state index contributed by atoms with van der Waals surface area (Å²) in [6.07, 6.45) is 2.83. The molecule has 0 aliphatic heterocycles. The number of aromatic nitrogens is 1. The molecular formula is C12H13NOS. The summed E-state index contributed by atoms with van der Waals surface area (Å²) in [5.41, 5.74) is 0.992. The number of hydrogen-bond donors (Lipinski definition) is 1. The highest BCUT2D eigenvalue weighted by Gasteiger charge is 1.99. The van der Waals surface area contributed by atoms with Crippen LogP contribution in [-0.2, 0) is 0 Å². The lowest BCUT2D eigenvalue weighted by atomic mass is 10.2. The number of fused-ring (bicyclic) bond motifs is 1. The fraction of sp³-hybridized carbons (Fsp3) is 0.250. The van der Waals surface area contributed by atoms with Gasteiger partial charge in [0.2, 0.25) is 0 Å². The summed E-state index contributed by atoms with van der Waals surface area (Å²) in [4.78, 5) is 15.8. The molecule has 0 fully saturated rings. The minimum absolute atomic E-state index is 0.0858. The molecule has 1 aromatic heterocycles. The van der Waals surface area contributed by atoms with E-state index in [4.69, 9.17) is 0 Å². The Morgan fingerprint density at radius 2 is 2.20 bits per heavy atom. The molecule has 2 nitrogen and oxygen atoms in total. The summed E-state index contributed by atoms with van der Waals surface area (Å²) in [6.45, 7) is 2.15. The van der Waals surface area contributed by atoms with Crippen molar-refractivity contribution in [3.8, 4) is 0 Å². The van der Waals surface area contributed by atoms with Crippen LogP contribution in [0.2, 0.25) is 0 Å². The standard InChI is InChI=1S/C12H13NOS/c1-2-7-15-9-3-4-11-10(8-9)12(14)5-6-13-11/h3-6,8H,2,7H2,1H3,(H,13,14). The number of nitrogens with one attached hydrogen (secondary N) is 1. The second-order valence-corrected chi connectivity index (χ2v) is 4.57. The highest BCUT2D eigenvalue weighted by Crippen LogP contribution is 2.21. The molecule has 3 heteroatoms. The van der Waals surface area contributed by atoms with Crippen molar-refractivity contribution >= 4 is 22.7 Å². The molecule has 0 bridgehead atoms. The lowest BCUT2D eigenvalue weighted by Crippen LogP contribution is -1.99. The van der Waals surface area contributed by atoms with Crippen LogP contribution < -0.4 is 5.43 Å². The van der Waals surface area contributed by atoms with Crippen molar-refractivity contribution in [1.82, 2.24) is 4.98 Å². The van der Waals surface area contributed by atoms with Crippen molar-refractivity contribution < 1.29 is 0 Å². The third-order valence-electron chi connectivity index (χ3n) is 2.20. The van der Waals surface area contributed by atoms with Gasteiger partial charge >= 0.3 is 0 Å². The van der Waals surface area contributed by atoms with Crippen molar-refractivity contribution in [2.24, 2.45) is 0 Å². The van der Waals surface area contributed by atoms with Crippen LogP contribution in [0.3, 0.4) is 0 Å². The predicted molar refractivity (Wildman–Crippen MR) is 65.6 cm³/mol. The Morgan fingerprint density at radius 1 is 1.33 bits per heavy atom. The molecule has 0 saturated heterocycles. The van der Waals surface area contributed by atoms with E-state index < -0.39 is 0 Å². The van der Waals surface area contributed by atoms with Crippen LogP contribution in [0.5, 0.6) is 0 Å². The Bertz CT molecular complexity index is 518. The highest BCUT2D eigenvalue weighted by molar-refractivity contribution is 7.99. The van der Waals surface area contributed by atoms with Gasteiger partial charge < -0.3 is 4.98 Å². The summed E-state index contributed by atoms with van der Waals surface area (Å²) in [5, 5.41) is 0.776. The van der Waals surface area contributed by atoms with E-state index >= 15 is 0 Å². The molecule has 15 heavy (non-hydrogen) atoms. The zero-order valence-electron chi connectivity index (χ0n) is 8.62. The summed E-state index contributed by atoms with van der Waals surface area (Å²) in [6, 6.07) is 7.55. The first-order chi connectivity index (χ1) is 7.31. The van der Waals surface area contributed by atoms with E-state index in [1.54, 1.807) is 24.0 Å². The molecule has 1 aromatic carbocycles. The van der Waals surface area contributed by atoms with Gasteiger partial charge in [-0.05, 0) is 30.4 Å². The third kappa shape index (κ3) is 2.23. The van der Waals surface area contributed by atoms with Crippen molar-refractivity contribution in [3.63, 3.8) is 0 Å². The van der Waals surface area contributed by atoms with Gasteiger partial charge in [-0.3, -0.25) is 4.79 Å². The van der Waals surface area contributed by atoms with Crippen molar-refractivity contribution in [1.29, 1.82) is 0 Å². The molecule has 2 rings (SSSR count). The van der Waals surface area contributed by atoms with Crippen LogP contribution >= 0.6 is 11.8 Å². The maximum Gasteiger partial charge on any atom is 0.189 e. The molecule has 0 atom stereocenters. The normalized spacial score (nSPS) is 10.7. The van der Waals surface area contributed by atoms with Crippen LogP contribution in [0.25, 0.3) is 10.9 Å². The van der Waals surface area contributed by atoms with E-state index in [1.807, 2.05) is 12.1 Å². The number of benzene rings is 1. The number of aromatic amines is 1. The zero-order valence-corrected chi connectivity index (χ0v) is 9.43. The van der Waals surface area contributed by atoms with Gasteiger partial charge in [-0.1, -0.05) is 6.92 Å². The molecule has 0 unspecified atom stereocenters. The van der Waals surface area contributed by atoms with Gasteiger partial charge in [-0.25, -0.2) is 0 Å². The number of rotatable bonds is 3. The second-order valence-electron chi connectivity index (χ2n) is 3.40. The Balaban J connectivity index is 2.45. The average Bonchev–Trinajstić information content (AvgIpc) is 2.27. The van der Waals surface area contributed by atoms with Crippen LogP contribution in [-0.4, -0.2) is 10.7 Å². The lowest BCUT2D eigenvalue weighted by Gasteiger charge is -2.01. The Hall–Kier alpha value is -1.22. The molecule has 0 aliphatic rings. The summed E-state index contributed by atoms with van der Waals surface area (Å²) in [5.74, 6) is 1.09. The van der Waals surface area contributed by atoms with Crippen LogP contribution in [0.4, 0.5) is 0 Å². The van der Waals surface area contributed by atoms with Gasteiger partial charge in [-0.2, -0.15) is 0 Å². The monoisotopic (exact) mass is 219 g/mol. The van der Waals surface area contributed by atoms with Gasteiger partial charge in [0.25, 0.3) is 0 Å². The van der Waals surface area contributed by atoms with E-state index in [0.717, 1.165) is 23.1 Å². The van der Waals surface area contributed by atoms with Gasteiger partial charge in [-0.15, -0.1) is 11.8 Å². The summed E-state index contributed by atoms with van der Waals surface area (Å²) >= 11 is 1.79. The molecule has 0 saturated carbocycles. The van der Waals surface area contributed by atoms with Crippen molar-refractivity contribution in [3.05, 3.63) is 40.7 Å². The highest BCUT2D eigenvalue weighted by atomic mass is 32.2. The number of H-pyrrole nitrogens is 1. The topological polar surface area (TPSA) is 32.9 Å². The first-order valence-electron chi connectivity index (χ1n) is 5.05. The zero-order chi connectivity index (χ0) is 10.7. The number of pyridine rings is 1. The van der Waals surface area contributed by atoms with Gasteiger partial charge in [0, 0.05) is 28.1 Å². The Morgan fingerprint density at radius 3 is 3.00 bits per heavy atom. The number of thioether (sulfide) groups is 1. The maximum absolute atomic E-state index is 11.6. The minimum Gasteiger partial charge on any atom is -0.361 e. The molecule has 0 radical (unpaired) electrons. The molecule has 78 valence electrons. The molecule has 2 aromatic rings. The van der Waals surface area contributed by atoms with E-state index in [1.165, 1.54) is 4.90 Å². The van der Waals surface area contributed by atoms with Crippen molar-refractivity contribution in [2.75, 3.05) is 5.75 Å². The number of hydrogen-bond acceptors (Lipinski definition) is 2. The summed E-state index contributed by atoms with van der Waals surface area (Å²) < 4.78 is 0. The summed E-state index contributed by atoms with van der Waals surface area (Å²) in [7, 11) is 0. The Labute approximate surface area is 92.7 Å². The van der Waals surface area contributed by atoms with Crippen LogP contribution in [0.1, 0.15) is 13.3 Å². The lowest BCUT2D eigenvalue weighted by molar-refractivity contribution is 1.10. The van der Waals surface area contributed by atoms with E-state index in [2.05, 4.69) is 18.0 Å². The smallest absolute Gasteiger partial charge is 0.189 e. The Kier molecular flexibility index (Phi) is 3.11. The molecule has 1 N–H and O–H groups in total. The fourth-order valence-electron chi connectivity index (χ4n) is 1.46. The average molecular weight is 219 g/mol. The molecule has 1 heterocycles. The van der Waals surface area contributed by atoms with Gasteiger partial charge in [0.1, 0.15) is 0 Å². The molecule has 0 aliphatic carbocycles. The quantitative estimate of drug-likeness (QED) is 0.805. The first kappa shape index (κ1) is 10.3. The van der Waals surface area contributed by atoms with Crippen LogP contribution in [0, 0.1) is 0 Å². The van der Waals surface area contributed by atoms with Gasteiger partial charge in [0.15, 0.2) is 5.43 Å². The molecular weight excluding hydrogens is 206 g/mol. The maximum atomic E-state index is 11.6. The fourth-order valence-corrected chi connectivity index (χ4v) is 2.26.